The lowest BCUT2D eigenvalue weighted by Crippen LogP contribution is -2.22. The topological polar surface area (TPSA) is 96.6 Å². The molecule has 0 saturated carbocycles. The van der Waals surface area contributed by atoms with Gasteiger partial charge >= 0.3 is 5.97 Å². The van der Waals surface area contributed by atoms with Crippen molar-refractivity contribution in [3.63, 3.8) is 0 Å². The molecule has 2 rings (SSSR count). The molecule has 0 bridgehead atoms. The van der Waals surface area contributed by atoms with Gasteiger partial charge in [-0.2, -0.15) is 0 Å². The van der Waals surface area contributed by atoms with Crippen LogP contribution in [0, 0.1) is 0 Å². The minimum absolute atomic E-state index is 0.0898. The molecule has 18 heavy (non-hydrogen) atoms. The highest BCUT2D eigenvalue weighted by atomic mass is 32.2. The summed E-state index contributed by atoms with van der Waals surface area (Å²) >= 11 is 1.10. The van der Waals surface area contributed by atoms with Gasteiger partial charge in [-0.15, -0.1) is 11.3 Å². The zero-order valence-electron chi connectivity index (χ0n) is 8.99. The number of thiophene rings is 1. The Bertz CT molecular complexity index is 642. The van der Waals surface area contributed by atoms with E-state index in [0.29, 0.717) is 0 Å². The molecule has 0 aliphatic heterocycles. The second kappa shape index (κ2) is 4.92. The fourth-order valence-electron chi connectivity index (χ4n) is 1.24. The molecule has 2 N–H and O–H groups in total. The number of aromatic carboxylic acids is 1. The Morgan fingerprint density at radius 3 is 2.72 bits per heavy atom. The molecule has 6 nitrogen and oxygen atoms in total. The Kier molecular flexibility index (Phi) is 3.50. The van der Waals surface area contributed by atoms with Gasteiger partial charge in [-0.25, -0.2) is 17.9 Å². The Morgan fingerprint density at radius 1 is 1.39 bits per heavy atom. The molecule has 0 aliphatic rings. The molecule has 0 aliphatic carbocycles. The third-order valence-corrected chi connectivity index (χ3v) is 4.87. The number of carbonyl (C=O) groups is 1. The molecule has 0 aromatic carbocycles. The van der Waals surface area contributed by atoms with E-state index >= 15 is 0 Å². The maximum atomic E-state index is 11.7. The van der Waals surface area contributed by atoms with Crippen molar-refractivity contribution in [3.05, 3.63) is 41.2 Å². The first-order valence-corrected chi connectivity index (χ1v) is 7.20. The second-order valence-electron chi connectivity index (χ2n) is 3.33. The maximum Gasteiger partial charge on any atom is 0.371 e. The van der Waals surface area contributed by atoms with E-state index in [0.717, 1.165) is 11.3 Å². The van der Waals surface area contributed by atoms with E-state index in [1.54, 1.807) is 11.4 Å². The van der Waals surface area contributed by atoms with Gasteiger partial charge < -0.3 is 9.52 Å². The van der Waals surface area contributed by atoms with Crippen LogP contribution >= 0.6 is 11.3 Å². The van der Waals surface area contributed by atoms with Gasteiger partial charge in [0.05, 0.1) is 6.54 Å². The van der Waals surface area contributed by atoms with Crippen LogP contribution in [-0.4, -0.2) is 19.5 Å². The van der Waals surface area contributed by atoms with Gasteiger partial charge in [-0.3, -0.25) is 0 Å². The predicted molar refractivity (Wildman–Crippen MR) is 64.0 cm³/mol. The highest BCUT2D eigenvalue weighted by molar-refractivity contribution is 7.91. The maximum absolute atomic E-state index is 11.7. The minimum Gasteiger partial charge on any atom is -0.475 e. The number of rotatable bonds is 5. The molecular weight excluding hydrogens is 278 g/mol. The Morgan fingerprint density at radius 2 is 2.17 bits per heavy atom. The summed E-state index contributed by atoms with van der Waals surface area (Å²) in [6.07, 6.45) is 0. The summed E-state index contributed by atoms with van der Waals surface area (Å²) in [7, 11) is -3.57. The smallest absolute Gasteiger partial charge is 0.371 e. The van der Waals surface area contributed by atoms with Crippen molar-refractivity contribution < 1.29 is 22.7 Å². The second-order valence-corrected chi connectivity index (χ2v) is 6.27. The first kappa shape index (κ1) is 12.8. The summed E-state index contributed by atoms with van der Waals surface area (Å²) in [5.74, 6) is -1.17. The number of furan rings is 1. The molecule has 0 fully saturated rings. The molecule has 0 radical (unpaired) electrons. The van der Waals surface area contributed by atoms with Gasteiger partial charge in [0, 0.05) is 0 Å². The third-order valence-electron chi connectivity index (χ3n) is 2.07. The van der Waals surface area contributed by atoms with Crippen LogP contribution in [0.4, 0.5) is 0 Å². The standard InChI is InChI=1S/C10H9NO5S2/c12-10(13)8-4-3-7(16-8)6-11-18(14,15)9-2-1-5-17-9/h1-5,11H,6H2,(H,12,13). The summed E-state index contributed by atoms with van der Waals surface area (Å²) in [5, 5.41) is 10.3. The molecule has 2 aromatic heterocycles. The molecular formula is C10H9NO5S2. The molecule has 0 saturated heterocycles. The van der Waals surface area contributed by atoms with E-state index in [-0.39, 0.29) is 22.3 Å². The van der Waals surface area contributed by atoms with Crippen LogP contribution in [0.1, 0.15) is 16.3 Å². The van der Waals surface area contributed by atoms with E-state index in [1.165, 1.54) is 18.2 Å². The first-order chi connectivity index (χ1) is 8.49. The van der Waals surface area contributed by atoms with Crippen molar-refractivity contribution in [1.82, 2.24) is 4.72 Å². The van der Waals surface area contributed by atoms with Crippen LogP contribution in [0.5, 0.6) is 0 Å². The predicted octanol–water partition coefficient (Wildman–Crippen LogP) is 1.52. The summed E-state index contributed by atoms with van der Waals surface area (Å²) in [4.78, 5) is 10.6. The molecule has 96 valence electrons. The molecule has 0 amide bonds. The number of sulfonamides is 1. The van der Waals surface area contributed by atoms with Crippen molar-refractivity contribution in [2.24, 2.45) is 0 Å². The number of nitrogens with one attached hydrogen (secondary N) is 1. The van der Waals surface area contributed by atoms with Crippen molar-refractivity contribution in [2.75, 3.05) is 0 Å². The van der Waals surface area contributed by atoms with E-state index in [2.05, 4.69) is 4.72 Å². The quantitative estimate of drug-likeness (QED) is 0.869. The van der Waals surface area contributed by atoms with Gasteiger partial charge in [0.2, 0.25) is 15.8 Å². The van der Waals surface area contributed by atoms with Crippen LogP contribution in [0.25, 0.3) is 0 Å². The monoisotopic (exact) mass is 287 g/mol. The molecule has 0 unspecified atom stereocenters. The van der Waals surface area contributed by atoms with Gasteiger partial charge in [0.25, 0.3) is 0 Å². The fourth-order valence-corrected chi connectivity index (χ4v) is 3.27. The Balaban J connectivity index is 2.05. The highest BCUT2D eigenvalue weighted by Crippen LogP contribution is 2.16. The van der Waals surface area contributed by atoms with Crippen LogP contribution in [0.2, 0.25) is 0 Å². The zero-order valence-corrected chi connectivity index (χ0v) is 10.6. The van der Waals surface area contributed by atoms with Gasteiger partial charge in [-0.05, 0) is 23.6 Å². The first-order valence-electron chi connectivity index (χ1n) is 4.84. The molecule has 8 heteroatoms. The van der Waals surface area contributed by atoms with Gasteiger partial charge in [0.1, 0.15) is 9.97 Å². The lowest BCUT2D eigenvalue weighted by molar-refractivity contribution is 0.0660. The van der Waals surface area contributed by atoms with E-state index in [4.69, 9.17) is 9.52 Å². The summed E-state index contributed by atoms with van der Waals surface area (Å²) in [6.45, 7) is -0.0898. The molecule has 2 heterocycles. The number of carboxylic acids is 1. The summed E-state index contributed by atoms with van der Waals surface area (Å²) in [5.41, 5.74) is 0. The number of hydrogen-bond donors (Lipinski definition) is 2. The van der Waals surface area contributed by atoms with E-state index in [9.17, 15) is 13.2 Å². The zero-order chi connectivity index (χ0) is 13.2. The SMILES string of the molecule is O=C(O)c1ccc(CNS(=O)(=O)c2cccs2)o1. The molecule has 0 spiro atoms. The van der Waals surface area contributed by atoms with Gasteiger partial charge in [0.15, 0.2) is 0 Å². The molecule has 0 atom stereocenters. The van der Waals surface area contributed by atoms with E-state index in [1.807, 2.05) is 0 Å². The normalized spacial score (nSPS) is 11.6. The fraction of sp³-hybridized carbons (Fsp3) is 0.100. The van der Waals surface area contributed by atoms with Crippen LogP contribution in [0.3, 0.4) is 0 Å². The van der Waals surface area contributed by atoms with Gasteiger partial charge in [-0.1, -0.05) is 6.07 Å². The average Bonchev–Trinajstić information content (AvgIpc) is 2.98. The van der Waals surface area contributed by atoms with Crippen molar-refractivity contribution in [2.45, 2.75) is 10.8 Å². The van der Waals surface area contributed by atoms with Crippen molar-refractivity contribution in [3.8, 4) is 0 Å². The van der Waals surface area contributed by atoms with Crippen LogP contribution < -0.4 is 4.72 Å². The largest absolute Gasteiger partial charge is 0.475 e. The Hall–Kier alpha value is -1.64. The lowest BCUT2D eigenvalue weighted by atomic mass is 10.4. The molecule has 2 aromatic rings. The summed E-state index contributed by atoms with van der Waals surface area (Å²) < 4.78 is 31.0. The average molecular weight is 287 g/mol. The lowest BCUT2D eigenvalue weighted by Gasteiger charge is -2.01. The third kappa shape index (κ3) is 2.78. The van der Waals surface area contributed by atoms with E-state index < -0.39 is 16.0 Å². The summed E-state index contributed by atoms with van der Waals surface area (Å²) in [6, 6.07) is 5.81. The van der Waals surface area contributed by atoms with Crippen molar-refractivity contribution in [1.29, 1.82) is 0 Å². The van der Waals surface area contributed by atoms with Crippen molar-refractivity contribution >= 4 is 27.3 Å². The minimum atomic E-state index is -3.57. The Labute approximate surface area is 107 Å². The number of carboxylic acid groups (broad SMARTS) is 1. The van der Waals surface area contributed by atoms with Crippen LogP contribution in [0.15, 0.2) is 38.3 Å². The highest BCUT2D eigenvalue weighted by Gasteiger charge is 2.16. The number of hydrogen-bond acceptors (Lipinski definition) is 5. The van der Waals surface area contributed by atoms with Crippen LogP contribution in [-0.2, 0) is 16.6 Å².